The number of aryl methyl sites for hydroxylation is 1. The van der Waals surface area contributed by atoms with Crippen LogP contribution in [-0.2, 0) is 6.42 Å². The first-order valence-corrected chi connectivity index (χ1v) is 17.7. The average molecular weight is 652 g/mol. The third kappa shape index (κ3) is 5.04. The highest BCUT2D eigenvalue weighted by Crippen LogP contribution is 2.41. The van der Waals surface area contributed by atoms with Gasteiger partial charge < -0.3 is 19.8 Å². The van der Waals surface area contributed by atoms with E-state index in [-0.39, 0.29) is 35.0 Å². The molecule has 4 aromatic rings. The van der Waals surface area contributed by atoms with Crippen LogP contribution in [0, 0.1) is 17.7 Å². The predicted molar refractivity (Wildman–Crippen MR) is 188 cm³/mol. The fourth-order valence-corrected chi connectivity index (χ4v) is 8.62. The normalized spacial score (nSPS) is 22.4. The number of fused-ring (bicyclic) bond motifs is 5. The van der Waals surface area contributed by atoms with Gasteiger partial charge in [-0.1, -0.05) is 26.0 Å². The first-order chi connectivity index (χ1) is 23.0. The number of aromatic hydroxyl groups is 1. The van der Waals surface area contributed by atoms with Crippen LogP contribution in [0.25, 0.3) is 38.9 Å². The summed E-state index contributed by atoms with van der Waals surface area (Å²) in [5.41, 5.74) is 2.12. The number of phenolic OH excluding ortho intramolecular Hbond substituents is 1. The number of hydrogen-bond acceptors (Lipinski definition) is 8. The van der Waals surface area contributed by atoms with Gasteiger partial charge in [0.1, 0.15) is 24.0 Å². The lowest BCUT2D eigenvalue weighted by Crippen LogP contribution is -2.56. The van der Waals surface area contributed by atoms with Crippen molar-refractivity contribution < 1.29 is 19.3 Å². The molecule has 48 heavy (non-hydrogen) atoms. The molecule has 8 rings (SSSR count). The lowest BCUT2D eigenvalue weighted by Gasteiger charge is -2.46. The van der Waals surface area contributed by atoms with Gasteiger partial charge in [0.25, 0.3) is 0 Å². The Hall–Kier alpha value is -3.82. The van der Waals surface area contributed by atoms with Crippen molar-refractivity contribution in [2.45, 2.75) is 83.9 Å². The number of anilines is 1. The van der Waals surface area contributed by atoms with Gasteiger partial charge in [0.15, 0.2) is 0 Å². The van der Waals surface area contributed by atoms with Crippen LogP contribution in [-0.4, -0.2) is 75.0 Å². The molecular weight excluding hydrogens is 605 g/mol. The van der Waals surface area contributed by atoms with Crippen LogP contribution in [0.2, 0.25) is 0 Å². The summed E-state index contributed by atoms with van der Waals surface area (Å²) in [6, 6.07) is 9.05. The first-order valence-electron chi connectivity index (χ1n) is 17.7. The Morgan fingerprint density at radius 2 is 1.77 bits per heavy atom. The van der Waals surface area contributed by atoms with Gasteiger partial charge in [-0.15, -0.1) is 0 Å². The van der Waals surface area contributed by atoms with E-state index in [0.717, 1.165) is 75.1 Å². The summed E-state index contributed by atoms with van der Waals surface area (Å²) in [6.07, 6.45) is 7.38. The number of nitrogens with zero attached hydrogens (tertiary/aromatic N) is 5. The molecule has 8 nitrogen and oxygen atoms in total. The number of aliphatic hydroxyl groups is 1. The lowest BCUT2D eigenvalue weighted by atomic mass is 9.84. The molecule has 2 unspecified atom stereocenters. The fraction of sp³-hybridized carbons (Fsp3) is 0.513. The van der Waals surface area contributed by atoms with Crippen molar-refractivity contribution in [3.05, 3.63) is 52.3 Å². The Bertz CT molecular complexity index is 2060. The summed E-state index contributed by atoms with van der Waals surface area (Å²) in [5, 5.41) is 26.0. The standard InChI is InChI=1S/C39H46FN5O3/c1-6-27-31(40)10-9-24-16-26(46)17-28(33(24)27)29-18-32-34(30-15-22(2)23(3)41-35(29)30)36(44-19-25(20-44)38(4,5)47)43-37(42-32)48-21-39-11-7-13-45(39)14-8-12-39/h9-10,15-18,22-23,25,46-47H,6-8,11-14,19-21H2,1-5H3. The molecule has 9 heteroatoms. The molecule has 0 radical (unpaired) electrons. The predicted octanol–water partition coefficient (Wildman–Crippen LogP) is 5.51. The second-order valence-electron chi connectivity index (χ2n) is 15.2. The highest BCUT2D eigenvalue weighted by molar-refractivity contribution is 6.03. The van der Waals surface area contributed by atoms with Crippen molar-refractivity contribution in [1.82, 2.24) is 14.9 Å². The van der Waals surface area contributed by atoms with Gasteiger partial charge in [0.05, 0.1) is 33.4 Å². The van der Waals surface area contributed by atoms with Crippen LogP contribution in [0.3, 0.4) is 0 Å². The zero-order valence-electron chi connectivity index (χ0n) is 28.7. The minimum atomic E-state index is -0.799. The molecule has 5 heterocycles. The van der Waals surface area contributed by atoms with Crippen LogP contribution in [0.15, 0.2) is 35.3 Å². The maximum Gasteiger partial charge on any atom is 0.319 e. The summed E-state index contributed by atoms with van der Waals surface area (Å²) in [5.74, 6) is 0.923. The second-order valence-corrected chi connectivity index (χ2v) is 15.2. The Kier molecular flexibility index (Phi) is 7.45. The number of phenols is 1. The minimum absolute atomic E-state index is 0.0234. The molecule has 0 amide bonds. The third-order valence-corrected chi connectivity index (χ3v) is 11.7. The van der Waals surface area contributed by atoms with Crippen LogP contribution < -0.4 is 20.2 Å². The van der Waals surface area contributed by atoms with Crippen molar-refractivity contribution in [1.29, 1.82) is 0 Å². The van der Waals surface area contributed by atoms with Gasteiger partial charge in [-0.25, -0.2) is 4.39 Å². The molecule has 0 bridgehead atoms. The van der Waals surface area contributed by atoms with Gasteiger partial charge in [-0.2, -0.15) is 9.97 Å². The quantitative estimate of drug-likeness (QED) is 0.272. The van der Waals surface area contributed by atoms with Crippen LogP contribution in [0.1, 0.15) is 65.9 Å². The van der Waals surface area contributed by atoms with E-state index in [1.807, 2.05) is 26.8 Å². The second kappa shape index (κ2) is 11.4. The maximum absolute atomic E-state index is 15.3. The van der Waals surface area contributed by atoms with E-state index in [9.17, 15) is 10.2 Å². The monoisotopic (exact) mass is 651 g/mol. The first kappa shape index (κ1) is 31.4. The Balaban J connectivity index is 1.37. The van der Waals surface area contributed by atoms with Crippen LogP contribution in [0.5, 0.6) is 11.8 Å². The molecule has 2 N–H and O–H groups in total. The minimum Gasteiger partial charge on any atom is -0.508 e. The average Bonchev–Trinajstić information content (AvgIpc) is 3.59. The molecular formula is C39H46FN5O3. The molecule has 0 spiro atoms. The molecule has 3 aromatic carbocycles. The maximum atomic E-state index is 15.3. The van der Waals surface area contributed by atoms with Crippen molar-refractivity contribution in [2.24, 2.45) is 16.8 Å². The van der Waals surface area contributed by atoms with Gasteiger partial charge in [0.2, 0.25) is 0 Å². The Morgan fingerprint density at radius 3 is 2.48 bits per heavy atom. The molecule has 0 saturated carbocycles. The molecule has 2 atom stereocenters. The van der Waals surface area contributed by atoms with E-state index < -0.39 is 5.60 Å². The zero-order valence-corrected chi connectivity index (χ0v) is 28.7. The molecule has 3 saturated heterocycles. The van der Waals surface area contributed by atoms with Gasteiger partial charge in [0, 0.05) is 29.8 Å². The Morgan fingerprint density at radius 1 is 1.02 bits per heavy atom. The molecule has 1 aromatic heterocycles. The van der Waals surface area contributed by atoms with E-state index in [0.29, 0.717) is 37.7 Å². The van der Waals surface area contributed by atoms with E-state index >= 15 is 4.39 Å². The van der Waals surface area contributed by atoms with E-state index in [1.54, 1.807) is 18.2 Å². The van der Waals surface area contributed by atoms with Gasteiger partial charge >= 0.3 is 6.01 Å². The number of aromatic nitrogens is 2. The number of hydrogen-bond donors (Lipinski definition) is 2. The largest absolute Gasteiger partial charge is 0.508 e. The summed E-state index contributed by atoms with van der Waals surface area (Å²) < 4.78 is 21.9. The number of benzene rings is 3. The summed E-state index contributed by atoms with van der Waals surface area (Å²) >= 11 is 0. The number of rotatable bonds is 7. The SMILES string of the molecule is CCc1c(F)ccc2cc(O)cc(-c3cc4nc(OCC56CCCN5CCC6)nc(N5CC(C(C)(C)O)C5)c4c4c3=NC(C)C(C)C=4)c12. The summed E-state index contributed by atoms with van der Waals surface area (Å²) in [6.45, 7) is 14.1. The Labute approximate surface area is 281 Å². The summed E-state index contributed by atoms with van der Waals surface area (Å²) in [4.78, 5) is 20.3. The van der Waals surface area contributed by atoms with Crippen molar-refractivity contribution in [2.75, 3.05) is 37.7 Å². The third-order valence-electron chi connectivity index (χ3n) is 11.7. The van der Waals surface area contributed by atoms with E-state index in [1.165, 1.54) is 18.9 Å². The number of halogens is 1. The van der Waals surface area contributed by atoms with Crippen LogP contribution >= 0.6 is 0 Å². The smallest absolute Gasteiger partial charge is 0.319 e. The van der Waals surface area contributed by atoms with Crippen molar-refractivity contribution >= 4 is 33.6 Å². The van der Waals surface area contributed by atoms with E-state index in [4.69, 9.17) is 19.7 Å². The molecule has 4 aliphatic heterocycles. The van der Waals surface area contributed by atoms with E-state index in [2.05, 4.69) is 29.7 Å². The van der Waals surface area contributed by atoms with Gasteiger partial charge in [-0.3, -0.25) is 9.89 Å². The molecule has 3 fully saturated rings. The highest BCUT2D eigenvalue weighted by Gasteiger charge is 2.45. The molecule has 0 aliphatic carbocycles. The fourth-order valence-electron chi connectivity index (χ4n) is 8.62. The topological polar surface area (TPSA) is 94.3 Å². The lowest BCUT2D eigenvalue weighted by molar-refractivity contribution is 0.00441. The number of ether oxygens (including phenoxy) is 1. The zero-order chi connectivity index (χ0) is 33.5. The molecule has 4 aliphatic rings. The molecule has 252 valence electrons. The van der Waals surface area contributed by atoms with Crippen molar-refractivity contribution in [3.8, 4) is 22.9 Å². The van der Waals surface area contributed by atoms with Crippen LogP contribution in [0.4, 0.5) is 10.2 Å². The highest BCUT2D eigenvalue weighted by atomic mass is 19.1. The van der Waals surface area contributed by atoms with Gasteiger partial charge in [-0.05, 0) is 118 Å². The summed E-state index contributed by atoms with van der Waals surface area (Å²) in [7, 11) is 0. The van der Waals surface area contributed by atoms with Crippen molar-refractivity contribution in [3.63, 3.8) is 0 Å².